The summed E-state index contributed by atoms with van der Waals surface area (Å²) in [5.41, 5.74) is 3.07. The van der Waals surface area contributed by atoms with Gasteiger partial charge in [-0.05, 0) is 70.3 Å². The minimum atomic E-state index is -0.194. The molecule has 1 aliphatic carbocycles. The van der Waals surface area contributed by atoms with Gasteiger partial charge in [0.25, 0.3) is 0 Å². The molecule has 4 unspecified atom stereocenters. The molecule has 4 aliphatic heterocycles. The summed E-state index contributed by atoms with van der Waals surface area (Å²) in [6.45, 7) is 6.40. The summed E-state index contributed by atoms with van der Waals surface area (Å²) in [6, 6.07) is 0.545. The minimum absolute atomic E-state index is 0.0738. The number of hydrogen-bond acceptors (Lipinski definition) is 7. The van der Waals surface area contributed by atoms with E-state index in [0.717, 1.165) is 71.4 Å². The lowest BCUT2D eigenvalue weighted by molar-refractivity contribution is -0.0282. The number of carbonyl (C=O) groups is 1. The van der Waals surface area contributed by atoms with Gasteiger partial charge in [0, 0.05) is 31.7 Å². The number of hydrogen-bond donors (Lipinski definition) is 3. The Morgan fingerprint density at radius 1 is 1.10 bits per heavy atom. The molecule has 5 fully saturated rings. The van der Waals surface area contributed by atoms with Crippen LogP contribution in [0.3, 0.4) is 0 Å². The molecule has 0 aromatic carbocycles. The van der Waals surface area contributed by atoms with E-state index in [1.807, 2.05) is 11.8 Å². The standard InChI is InChI=1S/C21H36N4O4/c1-21(6-7-21)28-20(26)25-9-3-14(4-10-25)18-23-19(29-24-18)15-2-8-22-17(12-15)16-5-11-27-13-16/h14-19,22-24H,2-13H2,1H3/t15?,16-,17?,18?,19?/m0/s1. The molecule has 5 atom stereocenters. The number of ether oxygens (including phenoxy) is 2. The predicted octanol–water partition coefficient (Wildman–Crippen LogP) is 1.57. The van der Waals surface area contributed by atoms with Gasteiger partial charge in [-0.1, -0.05) is 0 Å². The fourth-order valence-electron chi connectivity index (χ4n) is 5.31. The first-order chi connectivity index (χ1) is 14.1. The van der Waals surface area contributed by atoms with Crippen LogP contribution in [0.15, 0.2) is 0 Å². The monoisotopic (exact) mass is 408 g/mol. The number of carbonyl (C=O) groups excluding carboxylic acids is 1. The second-order valence-corrected chi connectivity index (χ2v) is 9.91. The van der Waals surface area contributed by atoms with Gasteiger partial charge in [-0.25, -0.2) is 4.79 Å². The molecule has 0 radical (unpaired) electrons. The topological polar surface area (TPSA) is 84.1 Å². The van der Waals surface area contributed by atoms with Gasteiger partial charge in [-0.3, -0.25) is 10.2 Å². The van der Waals surface area contributed by atoms with Crippen molar-refractivity contribution >= 4 is 6.09 Å². The van der Waals surface area contributed by atoms with E-state index in [-0.39, 0.29) is 24.1 Å². The number of nitrogens with zero attached hydrogens (tertiary/aromatic N) is 1. The highest BCUT2D eigenvalue weighted by Gasteiger charge is 2.44. The molecule has 1 amide bonds. The van der Waals surface area contributed by atoms with Crippen LogP contribution in [0, 0.1) is 17.8 Å². The van der Waals surface area contributed by atoms with Crippen LogP contribution >= 0.6 is 0 Å². The van der Waals surface area contributed by atoms with Gasteiger partial charge in [0.15, 0.2) is 0 Å². The second-order valence-electron chi connectivity index (χ2n) is 9.91. The number of rotatable bonds is 4. The van der Waals surface area contributed by atoms with Gasteiger partial charge in [0.1, 0.15) is 11.8 Å². The lowest BCUT2D eigenvalue weighted by Crippen LogP contribution is -2.50. The number of piperidine rings is 2. The van der Waals surface area contributed by atoms with E-state index in [0.29, 0.717) is 23.8 Å². The second kappa shape index (κ2) is 8.30. The first-order valence-corrected chi connectivity index (χ1v) is 11.6. The molecule has 5 rings (SSSR count). The summed E-state index contributed by atoms with van der Waals surface area (Å²) < 4.78 is 11.2. The molecular formula is C21H36N4O4. The molecule has 164 valence electrons. The van der Waals surface area contributed by atoms with Crippen LogP contribution in [-0.2, 0) is 14.3 Å². The lowest BCUT2D eigenvalue weighted by atomic mass is 9.84. The zero-order chi connectivity index (χ0) is 19.8. The van der Waals surface area contributed by atoms with E-state index < -0.39 is 0 Å². The Hall–Kier alpha value is -0.930. The summed E-state index contributed by atoms with van der Waals surface area (Å²) in [5, 5.41) is 7.40. The van der Waals surface area contributed by atoms with Crippen LogP contribution in [0.5, 0.6) is 0 Å². The van der Waals surface area contributed by atoms with Crippen LogP contribution < -0.4 is 16.1 Å². The SMILES string of the molecule is CC1(OC(=O)N2CCC(C3NOC(C4CCNC([C@H]5CCOC5)C4)N3)CC2)CC1. The van der Waals surface area contributed by atoms with Crippen molar-refractivity contribution in [1.29, 1.82) is 0 Å². The zero-order valence-electron chi connectivity index (χ0n) is 17.5. The normalized spacial score (nSPS) is 40.2. The largest absolute Gasteiger partial charge is 0.443 e. The molecule has 0 bridgehead atoms. The van der Waals surface area contributed by atoms with Crippen LogP contribution in [-0.4, -0.2) is 67.9 Å². The fourth-order valence-corrected chi connectivity index (χ4v) is 5.31. The highest BCUT2D eigenvalue weighted by Crippen LogP contribution is 2.39. The van der Waals surface area contributed by atoms with Crippen molar-refractivity contribution in [2.24, 2.45) is 17.8 Å². The Balaban J connectivity index is 1.08. The molecule has 29 heavy (non-hydrogen) atoms. The Kier molecular flexibility index (Phi) is 5.73. The van der Waals surface area contributed by atoms with E-state index in [2.05, 4.69) is 16.1 Å². The van der Waals surface area contributed by atoms with Crippen molar-refractivity contribution in [3.05, 3.63) is 0 Å². The van der Waals surface area contributed by atoms with Crippen molar-refractivity contribution in [2.75, 3.05) is 32.8 Å². The number of likely N-dealkylation sites (tertiary alicyclic amines) is 1. The fraction of sp³-hybridized carbons (Fsp3) is 0.952. The maximum absolute atomic E-state index is 12.3. The molecule has 8 nitrogen and oxygen atoms in total. The Labute approximate surface area is 173 Å². The van der Waals surface area contributed by atoms with Gasteiger partial charge in [-0.15, -0.1) is 0 Å². The number of amides is 1. The molecule has 5 aliphatic rings. The third-order valence-electron chi connectivity index (χ3n) is 7.66. The number of nitrogens with one attached hydrogen (secondary N) is 3. The number of hydroxylamine groups is 1. The smallest absolute Gasteiger partial charge is 0.410 e. The van der Waals surface area contributed by atoms with Crippen LogP contribution in [0.2, 0.25) is 0 Å². The van der Waals surface area contributed by atoms with E-state index in [4.69, 9.17) is 14.3 Å². The van der Waals surface area contributed by atoms with E-state index in [1.54, 1.807) is 0 Å². The van der Waals surface area contributed by atoms with Gasteiger partial charge in [0.2, 0.25) is 0 Å². The molecule has 0 spiro atoms. The highest BCUT2D eigenvalue weighted by molar-refractivity contribution is 5.68. The molecule has 4 heterocycles. The van der Waals surface area contributed by atoms with Gasteiger partial charge < -0.3 is 19.7 Å². The lowest BCUT2D eigenvalue weighted by Gasteiger charge is -2.36. The maximum Gasteiger partial charge on any atom is 0.410 e. The molecule has 1 saturated carbocycles. The van der Waals surface area contributed by atoms with Crippen molar-refractivity contribution in [3.63, 3.8) is 0 Å². The molecule has 8 heteroatoms. The third kappa shape index (κ3) is 4.56. The van der Waals surface area contributed by atoms with E-state index in [1.165, 1.54) is 6.42 Å². The minimum Gasteiger partial charge on any atom is -0.443 e. The van der Waals surface area contributed by atoms with E-state index in [9.17, 15) is 4.79 Å². The molecule has 3 N–H and O–H groups in total. The van der Waals surface area contributed by atoms with Gasteiger partial charge in [0.05, 0.1) is 12.8 Å². The van der Waals surface area contributed by atoms with E-state index >= 15 is 0 Å². The van der Waals surface area contributed by atoms with Crippen molar-refractivity contribution in [1.82, 2.24) is 21.0 Å². The summed E-state index contributed by atoms with van der Waals surface area (Å²) in [4.78, 5) is 20.2. The first kappa shape index (κ1) is 20.0. The molecule has 4 saturated heterocycles. The van der Waals surface area contributed by atoms with Gasteiger partial charge >= 0.3 is 6.09 Å². The third-order valence-corrected chi connectivity index (χ3v) is 7.66. The molecule has 0 aromatic rings. The Bertz CT molecular complexity index is 587. The summed E-state index contributed by atoms with van der Waals surface area (Å²) in [5.74, 6) is 1.64. The average molecular weight is 409 g/mol. The van der Waals surface area contributed by atoms with Crippen LogP contribution in [0.25, 0.3) is 0 Å². The van der Waals surface area contributed by atoms with Gasteiger partial charge in [-0.2, -0.15) is 5.48 Å². The predicted molar refractivity (Wildman–Crippen MR) is 107 cm³/mol. The average Bonchev–Trinajstić information content (AvgIpc) is 3.18. The Morgan fingerprint density at radius 3 is 2.66 bits per heavy atom. The highest BCUT2D eigenvalue weighted by atomic mass is 16.7. The maximum atomic E-state index is 12.3. The first-order valence-electron chi connectivity index (χ1n) is 11.6. The van der Waals surface area contributed by atoms with Crippen molar-refractivity contribution in [3.8, 4) is 0 Å². The molecule has 0 aromatic heterocycles. The Morgan fingerprint density at radius 2 is 1.93 bits per heavy atom. The van der Waals surface area contributed by atoms with Crippen LogP contribution in [0.4, 0.5) is 4.79 Å². The summed E-state index contributed by atoms with van der Waals surface area (Å²) >= 11 is 0. The quantitative estimate of drug-likeness (QED) is 0.651. The van der Waals surface area contributed by atoms with Crippen molar-refractivity contribution < 1.29 is 19.1 Å². The zero-order valence-corrected chi connectivity index (χ0v) is 17.5. The summed E-state index contributed by atoms with van der Waals surface area (Å²) in [6.07, 6.45) is 7.49. The molecular weight excluding hydrogens is 372 g/mol. The van der Waals surface area contributed by atoms with Crippen LogP contribution in [0.1, 0.15) is 51.9 Å². The van der Waals surface area contributed by atoms with Crippen molar-refractivity contribution in [2.45, 2.75) is 75.9 Å². The summed E-state index contributed by atoms with van der Waals surface area (Å²) in [7, 11) is 0.